The van der Waals surface area contributed by atoms with Crippen molar-refractivity contribution in [1.29, 1.82) is 0 Å². The molecule has 1 aromatic heterocycles. The minimum atomic E-state index is -0.547. The van der Waals surface area contributed by atoms with Gasteiger partial charge in [-0.25, -0.2) is 0 Å². The highest BCUT2D eigenvalue weighted by Gasteiger charge is 2.34. The van der Waals surface area contributed by atoms with Gasteiger partial charge in [-0.3, -0.25) is 9.89 Å². The molecular formula is C17H27N3O3. The van der Waals surface area contributed by atoms with Crippen molar-refractivity contribution in [2.45, 2.75) is 83.1 Å². The first kappa shape index (κ1) is 16.5. The van der Waals surface area contributed by atoms with Gasteiger partial charge >= 0.3 is 0 Å². The number of carbonyl (C=O) groups is 1. The highest BCUT2D eigenvalue weighted by molar-refractivity contribution is 5.94. The second-order valence-electron chi connectivity index (χ2n) is 7.08. The average Bonchev–Trinajstić information content (AvgIpc) is 2.94. The summed E-state index contributed by atoms with van der Waals surface area (Å²) < 4.78 is 5.76. The van der Waals surface area contributed by atoms with E-state index in [0.29, 0.717) is 12.1 Å². The molecule has 0 bridgehead atoms. The molecule has 0 aromatic carbocycles. The Morgan fingerprint density at radius 3 is 2.78 bits per heavy atom. The molecule has 0 spiro atoms. The lowest BCUT2D eigenvalue weighted by Crippen LogP contribution is -2.43. The molecule has 0 saturated heterocycles. The molecular weight excluding hydrogens is 294 g/mol. The highest BCUT2D eigenvalue weighted by Crippen LogP contribution is 2.32. The molecule has 1 saturated carbocycles. The van der Waals surface area contributed by atoms with E-state index in [4.69, 9.17) is 4.74 Å². The third kappa shape index (κ3) is 3.28. The van der Waals surface area contributed by atoms with Crippen LogP contribution in [0.5, 0.6) is 0 Å². The first-order valence-electron chi connectivity index (χ1n) is 8.67. The van der Waals surface area contributed by atoms with E-state index in [2.05, 4.69) is 15.5 Å². The van der Waals surface area contributed by atoms with Gasteiger partial charge in [-0.15, -0.1) is 0 Å². The third-order valence-corrected chi connectivity index (χ3v) is 5.36. The molecule has 3 N–H and O–H groups in total. The van der Waals surface area contributed by atoms with Gasteiger partial charge in [-0.1, -0.05) is 6.92 Å². The van der Waals surface area contributed by atoms with Crippen LogP contribution in [0, 0.1) is 0 Å². The van der Waals surface area contributed by atoms with E-state index in [0.717, 1.165) is 43.4 Å². The molecule has 1 aromatic rings. The van der Waals surface area contributed by atoms with E-state index >= 15 is 0 Å². The Balaban J connectivity index is 1.66. The van der Waals surface area contributed by atoms with E-state index in [1.807, 2.05) is 20.8 Å². The fraction of sp³-hybridized carbons (Fsp3) is 0.765. The molecule has 23 heavy (non-hydrogen) atoms. The number of aromatic amines is 1. The Morgan fingerprint density at radius 2 is 2.13 bits per heavy atom. The molecule has 1 amide bonds. The molecule has 6 heteroatoms. The number of nitrogens with zero attached hydrogens (tertiary/aromatic N) is 1. The van der Waals surface area contributed by atoms with E-state index in [1.165, 1.54) is 0 Å². The van der Waals surface area contributed by atoms with Crippen LogP contribution in [0.15, 0.2) is 0 Å². The predicted octanol–water partition coefficient (Wildman–Crippen LogP) is 2.25. The summed E-state index contributed by atoms with van der Waals surface area (Å²) in [6.07, 6.45) is 4.64. The smallest absolute Gasteiger partial charge is 0.272 e. The quantitative estimate of drug-likeness (QED) is 0.797. The Hall–Kier alpha value is -1.40. The summed E-state index contributed by atoms with van der Waals surface area (Å²) in [6, 6.07) is 0.122. The van der Waals surface area contributed by atoms with Gasteiger partial charge in [0.05, 0.1) is 23.5 Å². The maximum Gasteiger partial charge on any atom is 0.272 e. The van der Waals surface area contributed by atoms with Gasteiger partial charge in [-0.05, 0) is 46.0 Å². The number of ether oxygens (including phenoxy) is 1. The Labute approximate surface area is 137 Å². The fourth-order valence-corrected chi connectivity index (χ4v) is 3.77. The number of carbonyl (C=O) groups excluding carboxylic acids is 1. The summed E-state index contributed by atoms with van der Waals surface area (Å²) in [5, 5.41) is 20.6. The molecule has 2 aliphatic rings. The van der Waals surface area contributed by atoms with Crippen LogP contribution in [-0.2, 0) is 11.2 Å². The van der Waals surface area contributed by atoms with Gasteiger partial charge in [-0.2, -0.15) is 5.10 Å². The number of nitrogens with one attached hydrogen (secondary N) is 2. The molecule has 0 unspecified atom stereocenters. The molecule has 128 valence electrons. The molecule has 0 radical (unpaired) electrons. The molecule has 1 fully saturated rings. The predicted molar refractivity (Wildman–Crippen MR) is 86.2 cm³/mol. The first-order chi connectivity index (χ1) is 10.9. The van der Waals surface area contributed by atoms with Gasteiger partial charge in [0.25, 0.3) is 5.91 Å². The van der Waals surface area contributed by atoms with Crippen molar-refractivity contribution >= 4 is 5.91 Å². The SMILES string of the molecule is CCC1(O)CCC(NC(=O)c2n[nH]c3c2C[C@H](C)O[C@@H]3C)CC1. The molecule has 2 atom stereocenters. The summed E-state index contributed by atoms with van der Waals surface area (Å²) in [5.41, 5.74) is 1.85. The van der Waals surface area contributed by atoms with Crippen LogP contribution >= 0.6 is 0 Å². The first-order valence-corrected chi connectivity index (χ1v) is 8.67. The highest BCUT2D eigenvalue weighted by atomic mass is 16.5. The van der Waals surface area contributed by atoms with Crippen molar-refractivity contribution in [3.63, 3.8) is 0 Å². The summed E-state index contributed by atoms with van der Waals surface area (Å²) in [4.78, 5) is 12.6. The summed E-state index contributed by atoms with van der Waals surface area (Å²) >= 11 is 0. The molecule has 6 nitrogen and oxygen atoms in total. The number of aliphatic hydroxyl groups is 1. The molecule has 2 heterocycles. The zero-order valence-electron chi connectivity index (χ0n) is 14.2. The zero-order valence-corrected chi connectivity index (χ0v) is 14.2. The minimum Gasteiger partial charge on any atom is -0.390 e. The van der Waals surface area contributed by atoms with Crippen molar-refractivity contribution in [3.05, 3.63) is 17.0 Å². The number of hydrogen-bond donors (Lipinski definition) is 3. The standard InChI is InChI=1S/C17H27N3O3/c1-4-17(22)7-5-12(6-8-17)18-16(21)15-13-9-10(2)23-11(3)14(13)19-20-15/h10-12,22H,4-9H2,1-3H3,(H,18,21)(H,19,20)/t10-,11+,12?,17?/m0/s1. The van der Waals surface area contributed by atoms with Gasteiger partial charge in [0.2, 0.25) is 0 Å². The van der Waals surface area contributed by atoms with E-state index < -0.39 is 5.60 Å². The number of aromatic nitrogens is 2. The molecule has 1 aliphatic carbocycles. The van der Waals surface area contributed by atoms with E-state index in [9.17, 15) is 9.90 Å². The zero-order chi connectivity index (χ0) is 16.6. The van der Waals surface area contributed by atoms with Crippen molar-refractivity contribution < 1.29 is 14.6 Å². The number of hydrogen-bond acceptors (Lipinski definition) is 4. The number of amides is 1. The van der Waals surface area contributed by atoms with Crippen LogP contribution in [0.2, 0.25) is 0 Å². The molecule has 1 aliphatic heterocycles. The minimum absolute atomic E-state index is 0.0583. The lowest BCUT2D eigenvalue weighted by molar-refractivity contribution is -0.00767. The van der Waals surface area contributed by atoms with Crippen LogP contribution < -0.4 is 5.32 Å². The second-order valence-corrected chi connectivity index (χ2v) is 7.08. The van der Waals surface area contributed by atoms with Gasteiger partial charge < -0.3 is 15.2 Å². The second kappa shape index (κ2) is 6.24. The van der Waals surface area contributed by atoms with Crippen LogP contribution in [0.1, 0.15) is 80.7 Å². The van der Waals surface area contributed by atoms with Gasteiger partial charge in [0.1, 0.15) is 0 Å². The Kier molecular flexibility index (Phi) is 4.47. The topological polar surface area (TPSA) is 87.2 Å². The van der Waals surface area contributed by atoms with Gasteiger partial charge in [0.15, 0.2) is 5.69 Å². The lowest BCUT2D eigenvalue weighted by Gasteiger charge is -2.35. The van der Waals surface area contributed by atoms with Gasteiger partial charge in [0, 0.05) is 18.0 Å². The maximum atomic E-state index is 12.6. The normalized spacial score (nSPS) is 34.0. The average molecular weight is 321 g/mol. The summed E-state index contributed by atoms with van der Waals surface area (Å²) in [7, 11) is 0. The monoisotopic (exact) mass is 321 g/mol. The van der Waals surface area contributed by atoms with E-state index in [-0.39, 0.29) is 24.2 Å². The maximum absolute atomic E-state index is 12.6. The Bertz CT molecular complexity index is 576. The van der Waals surface area contributed by atoms with Crippen LogP contribution in [0.4, 0.5) is 0 Å². The number of H-pyrrole nitrogens is 1. The summed E-state index contributed by atoms with van der Waals surface area (Å²) in [6.45, 7) is 6.00. The van der Waals surface area contributed by atoms with Crippen LogP contribution in [0.25, 0.3) is 0 Å². The van der Waals surface area contributed by atoms with Crippen LogP contribution in [0.3, 0.4) is 0 Å². The largest absolute Gasteiger partial charge is 0.390 e. The van der Waals surface area contributed by atoms with Crippen molar-refractivity contribution in [3.8, 4) is 0 Å². The van der Waals surface area contributed by atoms with Crippen molar-refractivity contribution in [1.82, 2.24) is 15.5 Å². The van der Waals surface area contributed by atoms with Crippen molar-refractivity contribution in [2.75, 3.05) is 0 Å². The fourth-order valence-electron chi connectivity index (χ4n) is 3.77. The van der Waals surface area contributed by atoms with Crippen molar-refractivity contribution in [2.24, 2.45) is 0 Å². The summed E-state index contributed by atoms with van der Waals surface area (Å²) in [5.74, 6) is -0.115. The number of rotatable bonds is 3. The lowest BCUT2D eigenvalue weighted by atomic mass is 9.80. The number of fused-ring (bicyclic) bond motifs is 1. The Morgan fingerprint density at radius 1 is 1.43 bits per heavy atom. The van der Waals surface area contributed by atoms with Crippen LogP contribution in [-0.4, -0.2) is 39.0 Å². The molecule has 3 rings (SSSR count). The van der Waals surface area contributed by atoms with E-state index in [1.54, 1.807) is 0 Å². The third-order valence-electron chi connectivity index (χ3n) is 5.36.